The first-order valence-corrected chi connectivity index (χ1v) is 7.97. The molecule has 0 heterocycles. The molecule has 0 aliphatic heterocycles. The minimum absolute atomic E-state index is 0.906. The zero-order chi connectivity index (χ0) is 10.4. The third-order valence-corrected chi connectivity index (χ3v) is 5.04. The Morgan fingerprint density at radius 3 is 2.29 bits per heavy atom. The molecule has 0 aromatic heterocycles. The van der Waals surface area contributed by atoms with Gasteiger partial charge in [-0.05, 0) is 49.8 Å². The molecule has 1 fully saturated rings. The van der Waals surface area contributed by atoms with E-state index in [-0.39, 0.29) is 0 Å². The quantitative estimate of drug-likeness (QED) is 0.583. The topological polar surface area (TPSA) is 0 Å². The van der Waals surface area contributed by atoms with Crippen LogP contribution in [-0.2, 0) is 0 Å². The Morgan fingerprint density at radius 2 is 1.79 bits per heavy atom. The highest BCUT2D eigenvalue weighted by Gasteiger charge is 2.19. The summed E-state index contributed by atoms with van der Waals surface area (Å²) < 4.78 is 0. The van der Waals surface area contributed by atoms with Crippen molar-refractivity contribution in [1.29, 1.82) is 0 Å². The molecule has 0 bridgehead atoms. The monoisotopic (exact) mass is 214 g/mol. The predicted molar refractivity (Wildman–Crippen MR) is 68.7 cm³/mol. The smallest absolute Gasteiger partial charge is 0.0239 e. The second-order valence-electron chi connectivity index (χ2n) is 5.33. The summed E-state index contributed by atoms with van der Waals surface area (Å²) in [5, 5.41) is 0. The number of hydrogen-bond donors (Lipinski definition) is 0. The van der Waals surface area contributed by atoms with Crippen LogP contribution in [0, 0.1) is 11.8 Å². The van der Waals surface area contributed by atoms with Gasteiger partial charge in [0.15, 0.2) is 0 Å². The fourth-order valence-electron chi connectivity index (χ4n) is 2.55. The average Bonchev–Trinajstić information content (AvgIpc) is 2.18. The minimum atomic E-state index is 0.906. The van der Waals surface area contributed by atoms with E-state index in [1.807, 2.05) is 0 Å². The third-order valence-electron chi connectivity index (χ3n) is 3.65. The molecular weight excluding hydrogens is 187 g/mol. The van der Waals surface area contributed by atoms with E-state index in [2.05, 4.69) is 20.5 Å². The molecule has 1 rings (SSSR count). The summed E-state index contributed by atoms with van der Waals surface area (Å²) in [6.45, 7) is 7.06. The minimum Gasteiger partial charge on any atom is -0.122 e. The highest BCUT2D eigenvalue weighted by atomic mass is 31.1. The normalized spacial score (nSPS) is 29.1. The van der Waals surface area contributed by atoms with Gasteiger partial charge in [0.25, 0.3) is 0 Å². The molecule has 0 N–H and O–H groups in total. The van der Waals surface area contributed by atoms with E-state index in [9.17, 15) is 0 Å². The van der Waals surface area contributed by atoms with Gasteiger partial charge in [0.1, 0.15) is 0 Å². The van der Waals surface area contributed by atoms with Crippen LogP contribution in [0.25, 0.3) is 0 Å². The molecule has 1 aliphatic carbocycles. The maximum absolute atomic E-state index is 2.38. The Bertz CT molecular complexity index is 134. The van der Waals surface area contributed by atoms with Crippen molar-refractivity contribution in [3.05, 3.63) is 0 Å². The largest absolute Gasteiger partial charge is 0.122 e. The summed E-state index contributed by atoms with van der Waals surface area (Å²) in [6.07, 6.45) is 10.5. The highest BCUT2D eigenvalue weighted by Crippen LogP contribution is 2.35. The molecule has 1 heteroatoms. The summed E-state index contributed by atoms with van der Waals surface area (Å²) >= 11 is 0. The second-order valence-corrected chi connectivity index (χ2v) is 6.72. The van der Waals surface area contributed by atoms with Crippen LogP contribution in [0.2, 0.25) is 0 Å². The Hall–Kier alpha value is 0.430. The van der Waals surface area contributed by atoms with Crippen LogP contribution in [-0.4, -0.2) is 12.3 Å². The van der Waals surface area contributed by atoms with Crippen LogP contribution in [0.4, 0.5) is 0 Å². The molecule has 0 aromatic carbocycles. The Labute approximate surface area is 92.0 Å². The van der Waals surface area contributed by atoms with Crippen molar-refractivity contribution in [2.45, 2.75) is 64.5 Å². The fraction of sp³-hybridized carbons (Fsp3) is 1.00. The summed E-state index contributed by atoms with van der Waals surface area (Å²) in [4.78, 5) is 0. The van der Waals surface area contributed by atoms with Crippen LogP contribution in [0.3, 0.4) is 0 Å². The van der Waals surface area contributed by atoms with Gasteiger partial charge in [-0.25, -0.2) is 0 Å². The third kappa shape index (κ3) is 4.78. The van der Waals surface area contributed by atoms with Crippen molar-refractivity contribution in [2.75, 3.05) is 6.66 Å². The van der Waals surface area contributed by atoms with Crippen molar-refractivity contribution in [3.8, 4) is 0 Å². The van der Waals surface area contributed by atoms with E-state index in [1.54, 1.807) is 0 Å². The van der Waals surface area contributed by atoms with E-state index in [0.29, 0.717) is 0 Å². The lowest BCUT2D eigenvalue weighted by atomic mass is 9.85. The fourth-order valence-corrected chi connectivity index (χ4v) is 3.47. The molecule has 0 spiro atoms. The molecule has 0 amide bonds. The van der Waals surface area contributed by atoms with Gasteiger partial charge in [-0.3, -0.25) is 0 Å². The van der Waals surface area contributed by atoms with Crippen LogP contribution in [0.15, 0.2) is 0 Å². The zero-order valence-electron chi connectivity index (χ0n) is 10.2. The molecule has 1 saturated carbocycles. The number of rotatable bonds is 5. The van der Waals surface area contributed by atoms with Gasteiger partial charge in [0.05, 0.1) is 0 Å². The van der Waals surface area contributed by atoms with Gasteiger partial charge in [-0.1, -0.05) is 33.1 Å². The molecule has 1 atom stereocenters. The highest BCUT2D eigenvalue weighted by molar-refractivity contribution is 7.37. The maximum atomic E-state index is 2.38. The molecular formula is C13H27P. The Morgan fingerprint density at radius 1 is 1.14 bits per heavy atom. The van der Waals surface area contributed by atoms with Crippen molar-refractivity contribution >= 4 is 8.58 Å². The van der Waals surface area contributed by atoms with Gasteiger partial charge < -0.3 is 0 Å². The summed E-state index contributed by atoms with van der Waals surface area (Å²) in [6, 6.07) is 0. The van der Waals surface area contributed by atoms with Crippen molar-refractivity contribution in [1.82, 2.24) is 0 Å². The standard InChI is InChI=1S/C13H27P/c1-11(2)5-4-6-12-7-9-13(14-3)10-8-12/h11-14H,4-10H2,1-3H3. The lowest BCUT2D eigenvalue weighted by molar-refractivity contribution is 0.327. The van der Waals surface area contributed by atoms with Crippen molar-refractivity contribution in [3.63, 3.8) is 0 Å². The zero-order valence-corrected chi connectivity index (χ0v) is 11.2. The van der Waals surface area contributed by atoms with E-state index in [1.165, 1.54) is 53.5 Å². The molecule has 1 unspecified atom stereocenters. The first-order valence-electron chi connectivity index (χ1n) is 6.39. The Balaban J connectivity index is 2.04. The second kappa shape index (κ2) is 6.83. The molecule has 84 valence electrons. The number of hydrogen-bond acceptors (Lipinski definition) is 0. The van der Waals surface area contributed by atoms with E-state index in [4.69, 9.17) is 0 Å². The molecule has 0 saturated heterocycles. The van der Waals surface area contributed by atoms with Gasteiger partial charge in [-0.2, -0.15) is 0 Å². The molecule has 0 nitrogen and oxygen atoms in total. The van der Waals surface area contributed by atoms with Crippen LogP contribution < -0.4 is 0 Å². The first-order chi connectivity index (χ1) is 6.72. The van der Waals surface area contributed by atoms with Crippen LogP contribution >= 0.6 is 8.58 Å². The van der Waals surface area contributed by atoms with Crippen LogP contribution in [0.5, 0.6) is 0 Å². The van der Waals surface area contributed by atoms with Crippen LogP contribution in [0.1, 0.15) is 58.8 Å². The average molecular weight is 214 g/mol. The van der Waals surface area contributed by atoms with E-state index in [0.717, 1.165) is 17.5 Å². The summed E-state index contributed by atoms with van der Waals surface area (Å²) in [5.74, 6) is 1.99. The predicted octanol–water partition coefficient (Wildman–Crippen LogP) is 4.68. The molecule has 14 heavy (non-hydrogen) atoms. The Kier molecular flexibility index (Phi) is 6.10. The van der Waals surface area contributed by atoms with E-state index < -0.39 is 0 Å². The first kappa shape index (κ1) is 12.5. The lowest BCUT2D eigenvalue weighted by Crippen LogP contribution is -2.15. The molecule has 1 aliphatic rings. The van der Waals surface area contributed by atoms with E-state index >= 15 is 0 Å². The summed E-state index contributed by atoms with van der Waals surface area (Å²) in [5.41, 5.74) is 1.09. The van der Waals surface area contributed by atoms with Gasteiger partial charge in [-0.15, -0.1) is 8.58 Å². The summed E-state index contributed by atoms with van der Waals surface area (Å²) in [7, 11) is 1.20. The van der Waals surface area contributed by atoms with Gasteiger partial charge in [0.2, 0.25) is 0 Å². The molecule has 0 radical (unpaired) electrons. The van der Waals surface area contributed by atoms with Crippen molar-refractivity contribution in [2.24, 2.45) is 11.8 Å². The molecule has 0 aromatic rings. The van der Waals surface area contributed by atoms with Gasteiger partial charge >= 0.3 is 0 Å². The maximum Gasteiger partial charge on any atom is -0.0239 e. The van der Waals surface area contributed by atoms with Gasteiger partial charge in [0, 0.05) is 0 Å². The van der Waals surface area contributed by atoms with Crippen molar-refractivity contribution < 1.29 is 0 Å². The lowest BCUT2D eigenvalue weighted by Gasteiger charge is -2.27. The SMILES string of the molecule is CPC1CCC(CCCC(C)C)CC1.